The molecule has 1 aliphatic rings. The minimum absolute atomic E-state index is 0.905. The number of hydrogen-bond acceptors (Lipinski definition) is 1. The van der Waals surface area contributed by atoms with Crippen LogP contribution in [0.5, 0.6) is 11.5 Å². The Morgan fingerprint density at radius 3 is 1.60 bits per heavy atom. The molecule has 43 heavy (non-hydrogen) atoms. The average Bonchev–Trinajstić information content (AvgIpc) is 3.07. The van der Waals surface area contributed by atoms with E-state index < -0.39 is 0 Å². The summed E-state index contributed by atoms with van der Waals surface area (Å²) >= 11 is 0. The largest absolute Gasteiger partial charge is 0.456 e. The number of ether oxygens (including phenoxy) is 1. The quantitative estimate of drug-likeness (QED) is 0.200. The molecule has 1 heterocycles. The maximum atomic E-state index is 6.59. The van der Waals surface area contributed by atoms with Crippen molar-refractivity contribution in [3.8, 4) is 56.0 Å². The number of para-hydroxylation sites is 1. The predicted octanol–water partition coefficient (Wildman–Crippen LogP) is 11.9. The molecule has 8 aromatic carbocycles. The maximum absolute atomic E-state index is 6.59. The first kappa shape index (κ1) is 24.0. The summed E-state index contributed by atoms with van der Waals surface area (Å²) in [6.45, 7) is 0. The Morgan fingerprint density at radius 1 is 0.326 bits per heavy atom. The molecule has 0 aromatic heterocycles. The summed E-state index contributed by atoms with van der Waals surface area (Å²) < 4.78 is 6.59. The van der Waals surface area contributed by atoms with Crippen LogP contribution in [-0.2, 0) is 0 Å². The highest BCUT2D eigenvalue weighted by Crippen LogP contribution is 2.50. The number of hydrogen-bond donors (Lipinski definition) is 0. The minimum atomic E-state index is 0.905. The second-order valence-electron chi connectivity index (χ2n) is 11.2. The van der Waals surface area contributed by atoms with Crippen LogP contribution in [0.15, 0.2) is 158 Å². The minimum Gasteiger partial charge on any atom is -0.456 e. The normalized spacial score (nSPS) is 11.9. The van der Waals surface area contributed by atoms with Gasteiger partial charge in [-0.1, -0.05) is 140 Å². The van der Waals surface area contributed by atoms with Crippen molar-refractivity contribution in [1.82, 2.24) is 0 Å². The molecule has 0 N–H and O–H groups in total. The van der Waals surface area contributed by atoms with Crippen molar-refractivity contribution in [3.05, 3.63) is 158 Å². The van der Waals surface area contributed by atoms with Crippen LogP contribution >= 0.6 is 0 Å². The van der Waals surface area contributed by atoms with Crippen LogP contribution in [0.3, 0.4) is 0 Å². The third kappa shape index (κ3) is 3.65. The summed E-state index contributed by atoms with van der Waals surface area (Å²) in [5.74, 6) is 1.82. The zero-order valence-corrected chi connectivity index (χ0v) is 23.4. The second-order valence-corrected chi connectivity index (χ2v) is 11.2. The molecule has 200 valence electrons. The van der Waals surface area contributed by atoms with Gasteiger partial charge in [0.15, 0.2) is 0 Å². The van der Waals surface area contributed by atoms with Gasteiger partial charge in [-0.25, -0.2) is 0 Å². The smallest absolute Gasteiger partial charge is 0.136 e. The van der Waals surface area contributed by atoms with E-state index in [0.717, 1.165) is 22.6 Å². The highest BCUT2D eigenvalue weighted by Gasteiger charge is 2.23. The molecule has 0 unspecified atom stereocenters. The van der Waals surface area contributed by atoms with Crippen molar-refractivity contribution in [2.45, 2.75) is 0 Å². The lowest BCUT2D eigenvalue weighted by Crippen LogP contribution is -1.98. The first-order valence-corrected chi connectivity index (χ1v) is 14.8. The van der Waals surface area contributed by atoms with Gasteiger partial charge in [0.05, 0.1) is 0 Å². The molecule has 0 radical (unpaired) electrons. The number of benzene rings is 8. The molecule has 0 saturated heterocycles. The van der Waals surface area contributed by atoms with Gasteiger partial charge in [-0.3, -0.25) is 0 Å². The van der Waals surface area contributed by atoms with E-state index in [0.29, 0.717) is 0 Å². The van der Waals surface area contributed by atoms with Crippen LogP contribution in [0.4, 0.5) is 0 Å². The molecule has 0 spiro atoms. The van der Waals surface area contributed by atoms with Gasteiger partial charge in [0, 0.05) is 10.9 Å². The third-order valence-corrected chi connectivity index (χ3v) is 8.84. The zero-order chi connectivity index (χ0) is 28.3. The van der Waals surface area contributed by atoms with E-state index in [4.69, 9.17) is 4.74 Å². The van der Waals surface area contributed by atoms with E-state index in [1.54, 1.807) is 0 Å². The SMILES string of the molecule is c1ccc(-c2ccccc2-c2c3ccccc3c(-c3cc4c5c(cccc5c3)-c3ccccc3O4)c3ccccc23)cc1. The number of fused-ring (bicyclic) bond motifs is 4. The van der Waals surface area contributed by atoms with E-state index in [-0.39, 0.29) is 0 Å². The van der Waals surface area contributed by atoms with Crippen LogP contribution in [0.25, 0.3) is 76.8 Å². The Balaban J connectivity index is 1.37. The van der Waals surface area contributed by atoms with Crippen molar-refractivity contribution in [2.24, 2.45) is 0 Å². The lowest BCUT2D eigenvalue weighted by molar-refractivity contribution is 0.487. The first-order chi connectivity index (χ1) is 21.3. The second kappa shape index (κ2) is 9.44. The molecule has 0 amide bonds. The summed E-state index contributed by atoms with van der Waals surface area (Å²) in [5, 5.41) is 7.32. The fraction of sp³-hybridized carbons (Fsp3) is 0. The van der Waals surface area contributed by atoms with E-state index in [1.807, 2.05) is 6.07 Å². The summed E-state index contributed by atoms with van der Waals surface area (Å²) in [4.78, 5) is 0. The van der Waals surface area contributed by atoms with Crippen LogP contribution < -0.4 is 4.74 Å². The van der Waals surface area contributed by atoms with Crippen molar-refractivity contribution >= 4 is 32.3 Å². The van der Waals surface area contributed by atoms with Gasteiger partial charge in [-0.05, 0) is 84.1 Å². The summed E-state index contributed by atoms with van der Waals surface area (Å²) in [6, 6.07) is 56.7. The monoisotopic (exact) mass is 546 g/mol. The van der Waals surface area contributed by atoms with Gasteiger partial charge < -0.3 is 4.74 Å². The summed E-state index contributed by atoms with van der Waals surface area (Å²) in [7, 11) is 0. The molecule has 9 rings (SSSR count). The Kier molecular flexibility index (Phi) is 5.27. The molecule has 0 fully saturated rings. The molecule has 1 heteroatoms. The molecule has 8 aromatic rings. The lowest BCUT2D eigenvalue weighted by Gasteiger charge is -2.23. The van der Waals surface area contributed by atoms with Crippen LogP contribution in [-0.4, -0.2) is 0 Å². The first-order valence-electron chi connectivity index (χ1n) is 14.8. The van der Waals surface area contributed by atoms with Crippen molar-refractivity contribution in [2.75, 3.05) is 0 Å². The molecule has 1 nitrogen and oxygen atoms in total. The molecule has 1 aliphatic heterocycles. The molecule has 0 bridgehead atoms. The highest BCUT2D eigenvalue weighted by atomic mass is 16.5. The molecular formula is C42H26O. The van der Waals surface area contributed by atoms with E-state index in [2.05, 4.69) is 152 Å². The van der Waals surface area contributed by atoms with Crippen LogP contribution in [0.2, 0.25) is 0 Å². The van der Waals surface area contributed by atoms with Crippen LogP contribution in [0.1, 0.15) is 0 Å². The molecular weight excluding hydrogens is 520 g/mol. The van der Waals surface area contributed by atoms with Gasteiger partial charge in [-0.15, -0.1) is 0 Å². The van der Waals surface area contributed by atoms with E-state index in [9.17, 15) is 0 Å². The lowest BCUT2D eigenvalue weighted by atomic mass is 9.83. The highest BCUT2D eigenvalue weighted by molar-refractivity contribution is 6.23. The van der Waals surface area contributed by atoms with Crippen molar-refractivity contribution in [3.63, 3.8) is 0 Å². The number of rotatable bonds is 3. The molecule has 0 aliphatic carbocycles. The van der Waals surface area contributed by atoms with Gasteiger partial charge >= 0.3 is 0 Å². The average molecular weight is 547 g/mol. The zero-order valence-electron chi connectivity index (χ0n) is 23.4. The van der Waals surface area contributed by atoms with E-state index >= 15 is 0 Å². The van der Waals surface area contributed by atoms with Gasteiger partial charge in [0.1, 0.15) is 11.5 Å². The fourth-order valence-corrected chi connectivity index (χ4v) is 7.03. The Bertz CT molecular complexity index is 2310. The van der Waals surface area contributed by atoms with Crippen LogP contribution in [0, 0.1) is 0 Å². The summed E-state index contributed by atoms with van der Waals surface area (Å²) in [6.07, 6.45) is 0. The Hall–Kier alpha value is -5.66. The van der Waals surface area contributed by atoms with Gasteiger partial charge in [0.2, 0.25) is 0 Å². The summed E-state index contributed by atoms with van der Waals surface area (Å²) in [5.41, 5.74) is 9.73. The van der Waals surface area contributed by atoms with Crippen molar-refractivity contribution < 1.29 is 4.74 Å². The third-order valence-electron chi connectivity index (χ3n) is 8.84. The van der Waals surface area contributed by atoms with Crippen molar-refractivity contribution in [1.29, 1.82) is 0 Å². The fourth-order valence-electron chi connectivity index (χ4n) is 7.03. The van der Waals surface area contributed by atoms with Gasteiger partial charge in [-0.2, -0.15) is 0 Å². The Morgan fingerprint density at radius 2 is 0.884 bits per heavy atom. The molecule has 0 saturated carbocycles. The van der Waals surface area contributed by atoms with E-state index in [1.165, 1.54) is 65.7 Å². The standard InChI is InChI=1S/C42H26O/c1-2-13-27(14-3-1)30-16-4-5-18-32(30)42-36-21-8-6-19-34(36)40(35-20-7-9-22-37(35)42)29-25-28-15-12-23-33-31-17-10-11-24-38(31)43-39(26-29)41(28)33/h1-26H. The Labute approximate surface area is 250 Å². The predicted molar refractivity (Wildman–Crippen MR) is 181 cm³/mol. The maximum Gasteiger partial charge on any atom is 0.136 e. The topological polar surface area (TPSA) is 9.23 Å². The van der Waals surface area contributed by atoms with Gasteiger partial charge in [0.25, 0.3) is 0 Å². The molecule has 0 atom stereocenters.